The highest BCUT2D eigenvalue weighted by Crippen LogP contribution is 2.18. The van der Waals surface area contributed by atoms with Crippen LogP contribution in [0.4, 0.5) is 14.6 Å². The predicted octanol–water partition coefficient (Wildman–Crippen LogP) is 3.32. The summed E-state index contributed by atoms with van der Waals surface area (Å²) in [5.74, 6) is -2.69. The molecule has 0 atom stereocenters. The molecule has 3 aromatic rings. The average molecular weight is 576 g/mol. The summed E-state index contributed by atoms with van der Waals surface area (Å²) in [6.45, 7) is 6.23. The summed E-state index contributed by atoms with van der Waals surface area (Å²) in [7, 11) is 0. The third-order valence-corrected chi connectivity index (χ3v) is 6.01. The van der Waals surface area contributed by atoms with Gasteiger partial charge in [-0.2, -0.15) is 0 Å². The second kappa shape index (κ2) is 14.2. The van der Waals surface area contributed by atoms with Crippen molar-refractivity contribution >= 4 is 35.2 Å². The number of amides is 2. The Morgan fingerprint density at radius 3 is 2.08 bits per heavy atom. The molecule has 0 spiro atoms. The quantitative estimate of drug-likeness (QED) is 0.434. The number of nitrogens with one attached hydrogen (secondary N) is 1. The van der Waals surface area contributed by atoms with E-state index < -0.39 is 29.1 Å². The van der Waals surface area contributed by atoms with E-state index in [1.54, 1.807) is 12.1 Å². The second-order valence-electron chi connectivity index (χ2n) is 9.14. The molecule has 1 fully saturated rings. The van der Waals surface area contributed by atoms with Crippen LogP contribution in [0.2, 0.25) is 5.15 Å². The van der Waals surface area contributed by atoms with Gasteiger partial charge in [0.05, 0.1) is 0 Å². The van der Waals surface area contributed by atoms with Gasteiger partial charge in [0.25, 0.3) is 11.8 Å². The average Bonchev–Trinajstić information content (AvgIpc) is 2.93. The Morgan fingerprint density at radius 1 is 0.925 bits per heavy atom. The molecule has 0 unspecified atom stereocenters. The van der Waals surface area contributed by atoms with E-state index in [1.165, 1.54) is 23.1 Å². The molecule has 2 amide bonds. The van der Waals surface area contributed by atoms with Crippen LogP contribution in [0.15, 0.2) is 42.5 Å². The Hall–Kier alpha value is -4.26. The summed E-state index contributed by atoms with van der Waals surface area (Å²) in [5, 5.41) is 26.1. The molecule has 2 N–H and O–H groups in total. The van der Waals surface area contributed by atoms with Crippen molar-refractivity contribution in [3.63, 3.8) is 0 Å². The molecule has 1 aliphatic rings. The fraction of sp³-hybridized carbons (Fsp3) is 0.346. The number of hydrogen-bond acceptors (Lipinski definition) is 8. The Kier molecular flexibility index (Phi) is 10.8. The lowest BCUT2D eigenvalue weighted by atomic mass is 10.1. The molecule has 0 radical (unpaired) electrons. The van der Waals surface area contributed by atoms with E-state index in [4.69, 9.17) is 16.7 Å². The van der Waals surface area contributed by atoms with E-state index in [1.807, 2.05) is 4.90 Å². The molecule has 0 bridgehead atoms. The van der Waals surface area contributed by atoms with Crippen molar-refractivity contribution in [3.05, 3.63) is 76.2 Å². The van der Waals surface area contributed by atoms with Gasteiger partial charge in [0.2, 0.25) is 0 Å². The van der Waals surface area contributed by atoms with Crippen molar-refractivity contribution in [2.45, 2.75) is 20.3 Å². The molecule has 2 aromatic heterocycles. The lowest BCUT2D eigenvalue weighted by Crippen LogP contribution is -2.49. The van der Waals surface area contributed by atoms with Crippen LogP contribution in [0.3, 0.4) is 0 Å². The number of benzene rings is 1. The van der Waals surface area contributed by atoms with Gasteiger partial charge in [0.15, 0.2) is 22.4 Å². The van der Waals surface area contributed by atoms with Gasteiger partial charge in [0, 0.05) is 32.7 Å². The number of carbonyl (C=O) groups excluding carboxylic acids is 2. The number of rotatable bonds is 7. The zero-order valence-corrected chi connectivity index (χ0v) is 22.6. The minimum absolute atomic E-state index is 0.107. The Labute approximate surface area is 234 Å². The van der Waals surface area contributed by atoms with Crippen LogP contribution in [-0.2, 0) is 0 Å². The third-order valence-electron chi connectivity index (χ3n) is 5.81. The SMILES string of the molecule is CC(C)CCNC(=O)c1ccc(N2CCN(C(=O)c3c(F)cccc3F)CC2)nn1.O=C(O)c1ccc(Cl)nn1. The molecule has 40 heavy (non-hydrogen) atoms. The molecule has 4 rings (SSSR count). The van der Waals surface area contributed by atoms with Crippen molar-refractivity contribution < 1.29 is 28.3 Å². The molecule has 1 aliphatic heterocycles. The minimum atomic E-state index is -1.11. The van der Waals surface area contributed by atoms with Gasteiger partial charge in [-0.05, 0) is 48.7 Å². The monoisotopic (exact) mass is 575 g/mol. The summed E-state index contributed by atoms with van der Waals surface area (Å²) in [6.07, 6.45) is 0.886. The maximum atomic E-state index is 13.9. The summed E-state index contributed by atoms with van der Waals surface area (Å²) in [4.78, 5) is 38.1. The first-order valence-electron chi connectivity index (χ1n) is 12.4. The molecule has 1 saturated heterocycles. The Bertz CT molecular complexity index is 1300. The summed E-state index contributed by atoms with van der Waals surface area (Å²) in [6, 6.07) is 9.35. The molecule has 0 aliphatic carbocycles. The number of piperazine rings is 1. The number of carbonyl (C=O) groups is 3. The van der Waals surface area contributed by atoms with E-state index in [2.05, 4.69) is 39.6 Å². The van der Waals surface area contributed by atoms with Crippen molar-refractivity contribution in [3.8, 4) is 0 Å². The smallest absolute Gasteiger partial charge is 0.356 e. The van der Waals surface area contributed by atoms with E-state index in [-0.39, 0.29) is 22.4 Å². The lowest BCUT2D eigenvalue weighted by Gasteiger charge is -2.35. The molecular weight excluding hydrogens is 548 g/mol. The molecule has 11 nitrogen and oxygen atoms in total. The van der Waals surface area contributed by atoms with E-state index >= 15 is 0 Å². The number of carboxylic acid groups (broad SMARTS) is 1. The fourth-order valence-corrected chi connectivity index (χ4v) is 3.71. The lowest BCUT2D eigenvalue weighted by molar-refractivity contribution is 0.0687. The number of nitrogens with zero attached hydrogens (tertiary/aromatic N) is 6. The van der Waals surface area contributed by atoms with Crippen LogP contribution in [-0.4, -0.2) is 80.9 Å². The van der Waals surface area contributed by atoms with E-state index in [0.717, 1.165) is 18.6 Å². The van der Waals surface area contributed by atoms with Crippen LogP contribution in [0, 0.1) is 17.6 Å². The number of aromatic nitrogens is 4. The van der Waals surface area contributed by atoms with Crippen molar-refractivity contribution in [2.24, 2.45) is 5.92 Å². The normalized spacial score (nSPS) is 12.9. The largest absolute Gasteiger partial charge is 0.476 e. The first kappa shape index (κ1) is 30.3. The van der Waals surface area contributed by atoms with Crippen LogP contribution >= 0.6 is 11.6 Å². The summed E-state index contributed by atoms with van der Waals surface area (Å²) in [5.41, 5.74) is -0.394. The van der Waals surface area contributed by atoms with Gasteiger partial charge < -0.3 is 20.2 Å². The highest BCUT2D eigenvalue weighted by molar-refractivity contribution is 6.29. The molecule has 212 valence electrons. The number of aromatic carboxylic acids is 1. The van der Waals surface area contributed by atoms with Crippen LogP contribution in [0.1, 0.15) is 51.6 Å². The number of hydrogen-bond donors (Lipinski definition) is 2. The molecular formula is C26H28ClF2N7O4. The third kappa shape index (κ3) is 8.37. The van der Waals surface area contributed by atoms with Crippen LogP contribution < -0.4 is 10.2 Å². The maximum Gasteiger partial charge on any atom is 0.356 e. The number of halogens is 3. The highest BCUT2D eigenvalue weighted by Gasteiger charge is 2.27. The zero-order chi connectivity index (χ0) is 29.2. The van der Waals surface area contributed by atoms with Crippen LogP contribution in [0.5, 0.6) is 0 Å². The highest BCUT2D eigenvalue weighted by atomic mass is 35.5. The standard InChI is InChI=1S/C21H25F2N5O2.C5H3ClN2O2/c1-14(2)8-9-24-20(29)17-6-7-18(26-25-17)27-10-12-28(13-11-27)21(30)19-15(22)4-3-5-16(19)23;6-4-2-1-3(5(9)10)7-8-4/h3-7,14H,8-13H2,1-2H3,(H,24,29);1-2H,(H,9,10). The first-order chi connectivity index (χ1) is 19.1. The maximum absolute atomic E-state index is 13.9. The van der Waals surface area contributed by atoms with Gasteiger partial charge in [-0.3, -0.25) is 9.59 Å². The van der Waals surface area contributed by atoms with Gasteiger partial charge in [0.1, 0.15) is 17.2 Å². The molecule has 0 saturated carbocycles. The zero-order valence-electron chi connectivity index (χ0n) is 21.9. The van der Waals surface area contributed by atoms with Crippen LogP contribution in [0.25, 0.3) is 0 Å². The van der Waals surface area contributed by atoms with Gasteiger partial charge in [-0.1, -0.05) is 31.5 Å². The fourth-order valence-electron chi connectivity index (χ4n) is 3.61. The van der Waals surface area contributed by atoms with Gasteiger partial charge in [-0.15, -0.1) is 20.4 Å². The topological polar surface area (TPSA) is 142 Å². The summed E-state index contributed by atoms with van der Waals surface area (Å²) >= 11 is 5.35. The van der Waals surface area contributed by atoms with Gasteiger partial charge in [-0.25, -0.2) is 13.6 Å². The van der Waals surface area contributed by atoms with Gasteiger partial charge >= 0.3 is 5.97 Å². The van der Waals surface area contributed by atoms with Crippen molar-refractivity contribution in [1.82, 2.24) is 30.6 Å². The summed E-state index contributed by atoms with van der Waals surface area (Å²) < 4.78 is 27.7. The van der Waals surface area contributed by atoms with Crippen molar-refractivity contribution in [1.29, 1.82) is 0 Å². The Morgan fingerprint density at radius 2 is 1.55 bits per heavy atom. The second-order valence-corrected chi connectivity index (χ2v) is 9.52. The predicted molar refractivity (Wildman–Crippen MR) is 142 cm³/mol. The molecule has 14 heteroatoms. The molecule has 1 aromatic carbocycles. The van der Waals surface area contributed by atoms with E-state index in [9.17, 15) is 23.2 Å². The Balaban J connectivity index is 0.000000371. The number of anilines is 1. The molecule has 3 heterocycles. The van der Waals surface area contributed by atoms with Crippen molar-refractivity contribution in [2.75, 3.05) is 37.6 Å². The number of carboxylic acids is 1. The minimum Gasteiger partial charge on any atom is -0.476 e. The first-order valence-corrected chi connectivity index (χ1v) is 12.8. The van der Waals surface area contributed by atoms with E-state index in [0.29, 0.717) is 44.5 Å².